The average molecular weight is 323 g/mol. The van der Waals surface area contributed by atoms with Crippen LogP contribution < -0.4 is 4.90 Å². The molecular weight excluding hydrogens is 306 g/mol. The van der Waals surface area contributed by atoms with Crippen molar-refractivity contribution >= 4 is 34.3 Å². The lowest BCUT2D eigenvalue weighted by Gasteiger charge is -2.20. The smallest absolute Gasteiger partial charge is 0.237 e. The van der Waals surface area contributed by atoms with Crippen molar-refractivity contribution in [1.29, 1.82) is 0 Å². The molecule has 5 heteroatoms. The van der Waals surface area contributed by atoms with Gasteiger partial charge in [-0.05, 0) is 25.1 Å². The van der Waals surface area contributed by atoms with E-state index in [1.807, 2.05) is 61.5 Å². The number of rotatable bonds is 5. The van der Waals surface area contributed by atoms with Crippen molar-refractivity contribution in [3.05, 3.63) is 60.9 Å². The van der Waals surface area contributed by atoms with Gasteiger partial charge in [-0.2, -0.15) is 0 Å². The second-order valence-corrected chi connectivity index (χ2v) is 5.92. The molecule has 0 saturated carbocycles. The third kappa shape index (κ3) is 3.51. The van der Waals surface area contributed by atoms with Gasteiger partial charge >= 0.3 is 0 Å². The van der Waals surface area contributed by atoms with Gasteiger partial charge in [0.25, 0.3) is 0 Å². The van der Waals surface area contributed by atoms with Gasteiger partial charge in [0, 0.05) is 17.6 Å². The lowest BCUT2D eigenvalue weighted by Crippen LogP contribution is -2.32. The quantitative estimate of drug-likeness (QED) is 0.529. The molecule has 23 heavy (non-hydrogen) atoms. The number of aromatic nitrogens is 2. The Hall–Kier alpha value is -2.40. The van der Waals surface area contributed by atoms with E-state index >= 15 is 0 Å². The van der Waals surface area contributed by atoms with Crippen LogP contribution in [0.5, 0.6) is 0 Å². The van der Waals surface area contributed by atoms with Gasteiger partial charge in [0.15, 0.2) is 0 Å². The third-order valence-corrected chi connectivity index (χ3v) is 4.51. The molecule has 1 aromatic heterocycles. The maximum Gasteiger partial charge on any atom is 0.237 e. The minimum atomic E-state index is 0.0754. The highest BCUT2D eigenvalue weighted by Crippen LogP contribution is 2.25. The summed E-state index contributed by atoms with van der Waals surface area (Å²) in [4.78, 5) is 22.9. The number of fused-ring (bicyclic) bond motifs is 1. The predicted octanol–water partition coefficient (Wildman–Crippen LogP) is 3.78. The van der Waals surface area contributed by atoms with Crippen LogP contribution in [0, 0.1) is 0 Å². The molecule has 0 N–H and O–H groups in total. The number of nitrogens with zero attached hydrogens (tertiary/aromatic N) is 3. The van der Waals surface area contributed by atoms with Crippen LogP contribution in [0.3, 0.4) is 0 Å². The molecule has 1 heterocycles. The molecule has 116 valence electrons. The van der Waals surface area contributed by atoms with E-state index in [9.17, 15) is 4.79 Å². The van der Waals surface area contributed by atoms with Crippen molar-refractivity contribution in [2.24, 2.45) is 0 Å². The summed E-state index contributed by atoms with van der Waals surface area (Å²) in [6, 6.07) is 17.6. The first-order chi connectivity index (χ1) is 11.3. The largest absolute Gasteiger partial charge is 0.312 e. The van der Waals surface area contributed by atoms with E-state index in [0.29, 0.717) is 12.3 Å². The zero-order chi connectivity index (χ0) is 16.1. The molecule has 3 rings (SSSR count). The maximum absolute atomic E-state index is 12.5. The summed E-state index contributed by atoms with van der Waals surface area (Å²) in [7, 11) is 0. The van der Waals surface area contributed by atoms with Gasteiger partial charge in [-0.1, -0.05) is 48.2 Å². The summed E-state index contributed by atoms with van der Waals surface area (Å²) in [5.74, 6) is 0.426. The minimum absolute atomic E-state index is 0.0754. The number of hydrogen-bond donors (Lipinski definition) is 0. The molecule has 4 nitrogen and oxygen atoms in total. The van der Waals surface area contributed by atoms with Crippen molar-refractivity contribution in [2.45, 2.75) is 11.9 Å². The lowest BCUT2D eigenvalue weighted by molar-refractivity contribution is -0.116. The number of thioether (sulfide) groups is 1. The molecule has 0 aliphatic carbocycles. The maximum atomic E-state index is 12.5. The number of amides is 1. The van der Waals surface area contributed by atoms with E-state index in [1.165, 1.54) is 11.8 Å². The summed E-state index contributed by atoms with van der Waals surface area (Å²) >= 11 is 1.45. The molecule has 0 radical (unpaired) electrons. The van der Waals surface area contributed by atoms with Crippen LogP contribution in [0.15, 0.2) is 66.0 Å². The van der Waals surface area contributed by atoms with Crippen LogP contribution in [-0.2, 0) is 4.79 Å². The van der Waals surface area contributed by atoms with Crippen molar-refractivity contribution in [3.8, 4) is 0 Å². The van der Waals surface area contributed by atoms with Gasteiger partial charge in [0.2, 0.25) is 5.91 Å². The molecule has 0 bridgehead atoms. The molecule has 0 fully saturated rings. The number of carbonyl (C=O) groups is 1. The van der Waals surface area contributed by atoms with Crippen molar-refractivity contribution in [2.75, 3.05) is 17.2 Å². The van der Waals surface area contributed by atoms with Gasteiger partial charge in [-0.15, -0.1) is 0 Å². The van der Waals surface area contributed by atoms with Gasteiger partial charge in [0.05, 0.1) is 11.3 Å². The first kappa shape index (κ1) is 15.5. The summed E-state index contributed by atoms with van der Waals surface area (Å²) in [5.41, 5.74) is 1.82. The number of benzene rings is 2. The molecule has 1 amide bonds. The second kappa shape index (κ2) is 7.24. The fourth-order valence-electron chi connectivity index (χ4n) is 2.41. The second-order valence-electron chi connectivity index (χ2n) is 4.96. The summed E-state index contributed by atoms with van der Waals surface area (Å²) in [5, 5.41) is 1.82. The summed E-state index contributed by atoms with van der Waals surface area (Å²) < 4.78 is 0. The Balaban J connectivity index is 1.75. The first-order valence-corrected chi connectivity index (χ1v) is 8.46. The van der Waals surface area contributed by atoms with Crippen LogP contribution in [0.2, 0.25) is 0 Å². The fraction of sp³-hybridized carbons (Fsp3) is 0.167. The van der Waals surface area contributed by atoms with E-state index in [-0.39, 0.29) is 5.91 Å². The Bertz CT molecular complexity index is 802. The lowest BCUT2D eigenvalue weighted by atomic mass is 10.2. The van der Waals surface area contributed by atoms with Crippen LogP contribution in [0.1, 0.15) is 6.92 Å². The Kier molecular flexibility index (Phi) is 4.88. The molecule has 2 aromatic carbocycles. The van der Waals surface area contributed by atoms with Crippen molar-refractivity contribution in [3.63, 3.8) is 0 Å². The average Bonchev–Trinajstić information content (AvgIpc) is 2.61. The summed E-state index contributed by atoms with van der Waals surface area (Å²) in [6.07, 6.45) is 1.55. The summed E-state index contributed by atoms with van der Waals surface area (Å²) in [6.45, 7) is 2.63. The Morgan fingerprint density at radius 3 is 2.57 bits per heavy atom. The van der Waals surface area contributed by atoms with Crippen molar-refractivity contribution < 1.29 is 4.79 Å². The van der Waals surface area contributed by atoms with Crippen molar-refractivity contribution in [1.82, 2.24) is 9.97 Å². The predicted molar refractivity (Wildman–Crippen MR) is 94.7 cm³/mol. The monoisotopic (exact) mass is 323 g/mol. The molecule has 0 atom stereocenters. The molecule has 3 aromatic rings. The highest BCUT2D eigenvalue weighted by Gasteiger charge is 2.15. The van der Waals surface area contributed by atoms with Crippen LogP contribution in [0.25, 0.3) is 10.9 Å². The zero-order valence-corrected chi connectivity index (χ0v) is 13.7. The topological polar surface area (TPSA) is 46.1 Å². The number of anilines is 1. The highest BCUT2D eigenvalue weighted by molar-refractivity contribution is 8.00. The zero-order valence-electron chi connectivity index (χ0n) is 12.8. The molecule has 0 aliphatic heterocycles. The Morgan fingerprint density at radius 2 is 1.78 bits per heavy atom. The van der Waals surface area contributed by atoms with E-state index in [2.05, 4.69) is 9.97 Å². The molecule has 0 aliphatic rings. The van der Waals surface area contributed by atoms with Crippen LogP contribution in [0.4, 0.5) is 5.69 Å². The Labute approximate surface area is 139 Å². The standard InChI is InChI=1S/C18H17N3OS/c1-2-21(14-8-4-3-5-9-14)17(22)12-23-18-15-10-6-7-11-16(15)19-13-20-18/h3-11,13H,2,12H2,1H3. The van der Waals surface area contributed by atoms with E-state index < -0.39 is 0 Å². The minimum Gasteiger partial charge on any atom is -0.312 e. The molecule has 0 saturated heterocycles. The van der Waals surface area contributed by atoms with Crippen LogP contribution in [-0.4, -0.2) is 28.2 Å². The first-order valence-electron chi connectivity index (χ1n) is 7.47. The number of para-hydroxylation sites is 2. The van der Waals surface area contributed by atoms with Crippen LogP contribution >= 0.6 is 11.8 Å². The normalized spacial score (nSPS) is 10.7. The fourth-order valence-corrected chi connectivity index (χ4v) is 3.28. The van der Waals surface area contributed by atoms with Gasteiger partial charge in [-0.25, -0.2) is 9.97 Å². The number of carbonyl (C=O) groups excluding carboxylic acids is 1. The Morgan fingerprint density at radius 1 is 1.04 bits per heavy atom. The van der Waals surface area contributed by atoms with Gasteiger partial charge in [0.1, 0.15) is 11.4 Å². The third-order valence-electron chi connectivity index (χ3n) is 3.52. The molecule has 0 unspecified atom stereocenters. The molecular formula is C18H17N3OS. The highest BCUT2D eigenvalue weighted by atomic mass is 32.2. The number of hydrogen-bond acceptors (Lipinski definition) is 4. The van der Waals surface area contributed by atoms with Gasteiger partial charge < -0.3 is 4.90 Å². The van der Waals surface area contributed by atoms with E-state index in [1.54, 1.807) is 11.2 Å². The molecule has 0 spiro atoms. The SMILES string of the molecule is CCN(C(=O)CSc1ncnc2ccccc12)c1ccccc1. The van der Waals surface area contributed by atoms with Gasteiger partial charge in [-0.3, -0.25) is 4.79 Å². The van der Waals surface area contributed by atoms with E-state index in [4.69, 9.17) is 0 Å². The van der Waals surface area contributed by atoms with E-state index in [0.717, 1.165) is 21.6 Å².